The van der Waals surface area contributed by atoms with Gasteiger partial charge < -0.3 is 16.0 Å². The van der Waals surface area contributed by atoms with Crippen LogP contribution < -0.4 is 16.0 Å². The predicted molar refractivity (Wildman–Crippen MR) is 117 cm³/mol. The molecule has 0 unspecified atom stereocenters. The quantitative estimate of drug-likeness (QED) is 0.539. The summed E-state index contributed by atoms with van der Waals surface area (Å²) in [5.41, 5.74) is 2.82. The van der Waals surface area contributed by atoms with Gasteiger partial charge in [0.1, 0.15) is 5.82 Å². The lowest BCUT2D eigenvalue weighted by atomic mass is 10.1. The number of hydrogen-bond acceptors (Lipinski definition) is 6. The number of halogens is 1. The number of carbonyl (C=O) groups excluding carboxylic acids is 1. The number of amides is 1. The van der Waals surface area contributed by atoms with Gasteiger partial charge in [-0.25, -0.2) is 13.9 Å². The van der Waals surface area contributed by atoms with Gasteiger partial charge in [0, 0.05) is 24.8 Å². The van der Waals surface area contributed by atoms with E-state index in [1.807, 2.05) is 6.07 Å². The lowest BCUT2D eigenvalue weighted by Gasteiger charge is -2.13. The van der Waals surface area contributed by atoms with Crippen LogP contribution in [0.15, 0.2) is 54.5 Å². The van der Waals surface area contributed by atoms with Gasteiger partial charge in [0.05, 0.1) is 23.8 Å². The Bertz CT molecular complexity index is 1200. The summed E-state index contributed by atoms with van der Waals surface area (Å²) >= 11 is 0. The summed E-state index contributed by atoms with van der Waals surface area (Å²) < 4.78 is 15.4. The molecule has 1 saturated carbocycles. The predicted octanol–water partition coefficient (Wildman–Crippen LogP) is 3.78. The molecule has 9 heteroatoms. The molecular formula is C22H22FN7O. The first-order chi connectivity index (χ1) is 15.2. The lowest BCUT2D eigenvalue weighted by molar-refractivity contribution is 0.102. The van der Waals surface area contributed by atoms with Crippen molar-refractivity contribution < 1.29 is 9.18 Å². The van der Waals surface area contributed by atoms with E-state index in [2.05, 4.69) is 49.2 Å². The Hall–Kier alpha value is -3.75. The summed E-state index contributed by atoms with van der Waals surface area (Å²) in [6.07, 6.45) is 14.7. The molecular weight excluding hydrogens is 397 g/mol. The third-order valence-corrected chi connectivity index (χ3v) is 5.20. The molecule has 5 rings (SSSR count). The number of fused-ring (bicyclic) bond motifs is 1. The van der Waals surface area contributed by atoms with E-state index in [9.17, 15) is 9.18 Å². The first-order valence-corrected chi connectivity index (χ1v) is 10.3. The molecule has 2 aliphatic rings. The molecule has 0 aromatic carbocycles. The number of aromatic nitrogens is 4. The van der Waals surface area contributed by atoms with Gasteiger partial charge in [0.25, 0.3) is 5.91 Å². The number of nitrogens with zero attached hydrogens (tertiary/aromatic N) is 4. The van der Waals surface area contributed by atoms with Crippen molar-refractivity contribution in [1.82, 2.24) is 19.6 Å². The Kier molecular flexibility index (Phi) is 5.07. The maximum Gasteiger partial charge on any atom is 0.276 e. The van der Waals surface area contributed by atoms with E-state index in [-0.39, 0.29) is 11.4 Å². The molecule has 1 fully saturated rings. The summed E-state index contributed by atoms with van der Waals surface area (Å²) in [4.78, 5) is 20.9. The number of nitrogens with one attached hydrogen (secondary N) is 3. The van der Waals surface area contributed by atoms with Crippen molar-refractivity contribution in [2.24, 2.45) is 0 Å². The Labute approximate surface area is 178 Å². The fourth-order valence-electron chi connectivity index (χ4n) is 3.42. The molecule has 0 aliphatic heterocycles. The summed E-state index contributed by atoms with van der Waals surface area (Å²) in [7, 11) is 0. The van der Waals surface area contributed by atoms with Gasteiger partial charge in [-0.3, -0.25) is 9.78 Å². The second-order valence-corrected chi connectivity index (χ2v) is 7.66. The highest BCUT2D eigenvalue weighted by Gasteiger charge is 2.24. The Morgan fingerprint density at radius 2 is 2.13 bits per heavy atom. The van der Waals surface area contributed by atoms with Crippen LogP contribution in [0.3, 0.4) is 0 Å². The van der Waals surface area contributed by atoms with Crippen LogP contribution in [0.2, 0.25) is 0 Å². The largest absolute Gasteiger partial charge is 0.379 e. The minimum Gasteiger partial charge on any atom is -0.379 e. The van der Waals surface area contributed by atoms with Gasteiger partial charge in [-0.05, 0) is 37.3 Å². The van der Waals surface area contributed by atoms with Crippen molar-refractivity contribution in [3.8, 4) is 0 Å². The zero-order valence-electron chi connectivity index (χ0n) is 16.8. The standard InChI is InChI=1S/C22H22FN7O/c23-16-12-24-9-8-17(16)28-22(31)19-13-26-21-18(27-15-6-7-15)10-20(29-30(19)21)25-11-14-4-2-1-3-5-14/h2,4-5,8-10,12-13,15,27H,1,3,6-7,11H2,(H,25,29)(H,24,28,31). The molecule has 158 valence electrons. The molecule has 3 aromatic heterocycles. The van der Waals surface area contributed by atoms with E-state index < -0.39 is 11.7 Å². The number of imidazole rings is 1. The summed E-state index contributed by atoms with van der Waals surface area (Å²) in [5.74, 6) is -0.486. The maximum absolute atomic E-state index is 13.9. The summed E-state index contributed by atoms with van der Waals surface area (Å²) in [5, 5.41) is 13.9. The normalized spacial score (nSPS) is 15.6. The lowest BCUT2D eigenvalue weighted by Crippen LogP contribution is -2.17. The van der Waals surface area contributed by atoms with Crippen LogP contribution in [0.25, 0.3) is 5.65 Å². The molecule has 8 nitrogen and oxygen atoms in total. The SMILES string of the molecule is O=C(Nc1ccncc1F)c1cnc2c(NC3CC3)cc(NCC3=CCCC=C3)nn12. The van der Waals surface area contributed by atoms with Gasteiger partial charge in [-0.2, -0.15) is 0 Å². The van der Waals surface area contributed by atoms with E-state index in [1.165, 1.54) is 28.5 Å². The Morgan fingerprint density at radius 1 is 1.23 bits per heavy atom. The number of pyridine rings is 1. The van der Waals surface area contributed by atoms with Crippen molar-refractivity contribution in [2.75, 3.05) is 22.5 Å². The molecule has 1 amide bonds. The fraction of sp³-hybridized carbons (Fsp3) is 0.273. The van der Waals surface area contributed by atoms with Crippen LogP contribution >= 0.6 is 0 Å². The molecule has 3 N–H and O–H groups in total. The molecule has 2 aliphatic carbocycles. The first-order valence-electron chi connectivity index (χ1n) is 10.3. The number of carbonyl (C=O) groups is 1. The average Bonchev–Trinajstić information content (AvgIpc) is 3.50. The van der Waals surface area contributed by atoms with Gasteiger partial charge in [0.15, 0.2) is 17.2 Å². The molecule has 0 spiro atoms. The number of hydrogen-bond donors (Lipinski definition) is 3. The highest BCUT2D eigenvalue weighted by molar-refractivity contribution is 6.03. The molecule has 0 atom stereocenters. The highest BCUT2D eigenvalue weighted by atomic mass is 19.1. The number of allylic oxidation sites excluding steroid dienone is 2. The smallest absolute Gasteiger partial charge is 0.276 e. The van der Waals surface area contributed by atoms with E-state index in [0.29, 0.717) is 24.1 Å². The Balaban J connectivity index is 1.45. The highest BCUT2D eigenvalue weighted by Crippen LogP contribution is 2.29. The third-order valence-electron chi connectivity index (χ3n) is 5.20. The molecule has 0 radical (unpaired) electrons. The van der Waals surface area contributed by atoms with Gasteiger partial charge in [-0.1, -0.05) is 18.2 Å². The fourth-order valence-corrected chi connectivity index (χ4v) is 3.42. The van der Waals surface area contributed by atoms with Crippen LogP contribution in [0, 0.1) is 5.82 Å². The molecule has 3 aromatic rings. The van der Waals surface area contributed by atoms with E-state index >= 15 is 0 Å². The minimum absolute atomic E-state index is 0.0524. The van der Waals surface area contributed by atoms with Gasteiger partial charge >= 0.3 is 0 Å². The average molecular weight is 419 g/mol. The van der Waals surface area contributed by atoms with Crippen LogP contribution in [-0.4, -0.2) is 38.1 Å². The van der Waals surface area contributed by atoms with Crippen LogP contribution in [0.4, 0.5) is 21.6 Å². The monoisotopic (exact) mass is 419 g/mol. The van der Waals surface area contributed by atoms with E-state index in [4.69, 9.17) is 0 Å². The number of rotatable bonds is 7. The Morgan fingerprint density at radius 3 is 2.90 bits per heavy atom. The van der Waals surface area contributed by atoms with Gasteiger partial charge in [-0.15, -0.1) is 5.10 Å². The second kappa shape index (κ2) is 8.17. The van der Waals surface area contributed by atoms with Crippen molar-refractivity contribution in [3.05, 3.63) is 66.0 Å². The van der Waals surface area contributed by atoms with E-state index in [0.717, 1.165) is 37.6 Å². The van der Waals surface area contributed by atoms with Crippen molar-refractivity contribution in [3.63, 3.8) is 0 Å². The van der Waals surface area contributed by atoms with E-state index in [1.54, 1.807) is 0 Å². The van der Waals surface area contributed by atoms with Crippen LogP contribution in [0.5, 0.6) is 0 Å². The van der Waals surface area contributed by atoms with Crippen LogP contribution in [-0.2, 0) is 0 Å². The summed E-state index contributed by atoms with van der Waals surface area (Å²) in [6, 6.07) is 3.73. The molecule has 0 saturated heterocycles. The van der Waals surface area contributed by atoms with Crippen LogP contribution in [0.1, 0.15) is 36.2 Å². The van der Waals surface area contributed by atoms with Crippen molar-refractivity contribution >= 4 is 28.7 Å². The summed E-state index contributed by atoms with van der Waals surface area (Å²) in [6.45, 7) is 0.635. The first kappa shape index (κ1) is 19.2. The minimum atomic E-state index is -0.607. The molecule has 3 heterocycles. The van der Waals surface area contributed by atoms with Crippen molar-refractivity contribution in [2.45, 2.75) is 31.7 Å². The maximum atomic E-state index is 13.9. The zero-order valence-corrected chi connectivity index (χ0v) is 16.8. The topological polar surface area (TPSA) is 96.2 Å². The second-order valence-electron chi connectivity index (χ2n) is 7.66. The third kappa shape index (κ3) is 4.25. The van der Waals surface area contributed by atoms with Crippen molar-refractivity contribution in [1.29, 1.82) is 0 Å². The molecule has 0 bridgehead atoms. The van der Waals surface area contributed by atoms with Gasteiger partial charge in [0.2, 0.25) is 0 Å². The molecule has 31 heavy (non-hydrogen) atoms. The zero-order chi connectivity index (χ0) is 21.2. The number of anilines is 3.